The number of aromatic nitrogens is 2. The van der Waals surface area contributed by atoms with Gasteiger partial charge >= 0.3 is 6.01 Å². The molecule has 0 spiro atoms. The summed E-state index contributed by atoms with van der Waals surface area (Å²) in [6, 6.07) is 2.42. The molecule has 188 valence electrons. The second-order valence-electron chi connectivity index (χ2n) is 8.55. The number of nitrogens with zero attached hydrogens (tertiary/aromatic N) is 5. The highest BCUT2D eigenvalue weighted by Crippen LogP contribution is 2.23. The molecule has 0 radical (unpaired) electrons. The Bertz CT molecular complexity index is 687. The Balaban J connectivity index is 0.00000187. The van der Waals surface area contributed by atoms with E-state index in [1.807, 2.05) is 19.9 Å². The highest BCUT2D eigenvalue weighted by Gasteiger charge is 2.17. The normalized spacial score (nSPS) is 20.2. The molecule has 33 heavy (non-hydrogen) atoms. The van der Waals surface area contributed by atoms with Crippen LogP contribution >= 0.6 is 0 Å². The first kappa shape index (κ1) is 27.3. The van der Waals surface area contributed by atoms with Gasteiger partial charge in [-0.05, 0) is 38.0 Å². The quantitative estimate of drug-likeness (QED) is 0.473. The monoisotopic (exact) mass is 462 g/mol. The van der Waals surface area contributed by atoms with Crippen molar-refractivity contribution in [2.45, 2.75) is 73.1 Å². The molecule has 2 aliphatic rings. The summed E-state index contributed by atoms with van der Waals surface area (Å²) in [6.07, 6.45) is 6.93. The second kappa shape index (κ2) is 15.8. The van der Waals surface area contributed by atoms with Crippen LogP contribution in [0.1, 0.15) is 73.1 Å². The fourth-order valence-electron chi connectivity index (χ4n) is 4.13. The van der Waals surface area contributed by atoms with Gasteiger partial charge in [0.25, 0.3) is 0 Å². The molecule has 0 aromatic carbocycles. The zero-order valence-corrected chi connectivity index (χ0v) is 21.6. The van der Waals surface area contributed by atoms with Crippen LogP contribution in [0.5, 0.6) is 6.01 Å². The van der Waals surface area contributed by atoms with Gasteiger partial charge in [0.2, 0.25) is 0 Å². The van der Waals surface area contributed by atoms with Crippen LogP contribution in [0.2, 0.25) is 0 Å². The molecular formula is C25H46N6O2. The first-order valence-corrected chi connectivity index (χ1v) is 13.1. The summed E-state index contributed by atoms with van der Waals surface area (Å²) in [5.74, 6) is 2.14. The minimum atomic E-state index is 0.419. The lowest BCUT2D eigenvalue weighted by atomic mass is 9.89. The van der Waals surface area contributed by atoms with E-state index in [1.54, 1.807) is 0 Å². The van der Waals surface area contributed by atoms with E-state index >= 15 is 0 Å². The van der Waals surface area contributed by atoms with E-state index in [2.05, 4.69) is 41.0 Å². The van der Waals surface area contributed by atoms with Crippen LogP contribution in [0.15, 0.2) is 11.2 Å². The van der Waals surface area contributed by atoms with Crippen LogP contribution in [0.3, 0.4) is 0 Å². The van der Waals surface area contributed by atoms with Gasteiger partial charge in [-0.3, -0.25) is 10.3 Å². The molecule has 1 atom stereocenters. The van der Waals surface area contributed by atoms with Crippen molar-refractivity contribution >= 4 is 17.3 Å². The lowest BCUT2D eigenvalue weighted by Gasteiger charge is -2.26. The van der Waals surface area contributed by atoms with Gasteiger partial charge in [-0.15, -0.1) is 0 Å². The summed E-state index contributed by atoms with van der Waals surface area (Å²) >= 11 is 0. The summed E-state index contributed by atoms with van der Waals surface area (Å²) in [4.78, 5) is 14.0. The Morgan fingerprint density at radius 3 is 2.55 bits per heavy atom. The summed E-state index contributed by atoms with van der Waals surface area (Å²) < 4.78 is 11.4. The highest BCUT2D eigenvalue weighted by atomic mass is 16.5. The van der Waals surface area contributed by atoms with Gasteiger partial charge in [-0.2, -0.15) is 15.1 Å². The second-order valence-corrected chi connectivity index (χ2v) is 8.55. The Kier molecular flexibility index (Phi) is 13.1. The smallest absolute Gasteiger partial charge is 0.320 e. The molecule has 2 fully saturated rings. The zero-order chi connectivity index (χ0) is 23.9. The number of anilines is 2. The number of rotatable bonds is 11. The van der Waals surface area contributed by atoms with E-state index in [-0.39, 0.29) is 0 Å². The molecule has 0 bridgehead atoms. The third-order valence-corrected chi connectivity index (χ3v) is 5.95. The molecule has 1 N–H and O–H groups in total. The third-order valence-electron chi connectivity index (χ3n) is 5.95. The van der Waals surface area contributed by atoms with Crippen molar-refractivity contribution < 1.29 is 9.47 Å². The van der Waals surface area contributed by atoms with E-state index in [1.165, 1.54) is 25.0 Å². The van der Waals surface area contributed by atoms with Gasteiger partial charge in [0.1, 0.15) is 12.4 Å². The van der Waals surface area contributed by atoms with Crippen LogP contribution in [0, 0.1) is 5.92 Å². The number of morpholine rings is 1. The zero-order valence-electron chi connectivity index (χ0n) is 21.6. The van der Waals surface area contributed by atoms with E-state index in [9.17, 15) is 0 Å². The summed E-state index contributed by atoms with van der Waals surface area (Å²) in [7, 11) is 0. The average molecular weight is 463 g/mol. The van der Waals surface area contributed by atoms with Crippen molar-refractivity contribution in [2.75, 3.05) is 62.9 Å². The maximum absolute atomic E-state index is 5.99. The molecule has 1 aromatic heterocycles. The molecule has 2 heterocycles. The predicted octanol–water partition coefficient (Wildman–Crippen LogP) is 4.82. The molecule has 3 rings (SSSR count). The third kappa shape index (κ3) is 9.45. The van der Waals surface area contributed by atoms with Crippen molar-refractivity contribution in [3.63, 3.8) is 0 Å². The van der Waals surface area contributed by atoms with Gasteiger partial charge in [0.05, 0.1) is 13.2 Å². The van der Waals surface area contributed by atoms with Gasteiger partial charge < -0.3 is 14.4 Å². The van der Waals surface area contributed by atoms with Crippen molar-refractivity contribution in [3.8, 4) is 6.01 Å². The van der Waals surface area contributed by atoms with Crippen LogP contribution in [0.4, 0.5) is 11.6 Å². The molecule has 1 saturated heterocycles. The largest absolute Gasteiger partial charge is 0.462 e. The molecule has 1 aliphatic carbocycles. The standard InChI is InChI=1S/C23H40N6O2.C2H6/c1-4-10-29(11-5-2)22-18-21(27-26-20-9-7-6-8-19(20)3)24-23(25-22)31-17-14-28-12-15-30-16-13-28;1-2/h18-19H,4-17H2,1-3H3,(H,24,25,27);1-2H3/b26-20+;. The van der Waals surface area contributed by atoms with Crippen molar-refractivity contribution in [2.24, 2.45) is 11.0 Å². The first-order chi connectivity index (χ1) is 16.2. The summed E-state index contributed by atoms with van der Waals surface area (Å²) in [5, 5.41) is 4.70. The Labute approximate surface area is 201 Å². The molecular weight excluding hydrogens is 416 g/mol. The molecule has 1 saturated carbocycles. The molecule has 1 aliphatic heterocycles. The number of hydrogen-bond donors (Lipinski definition) is 1. The lowest BCUT2D eigenvalue weighted by molar-refractivity contribution is 0.0317. The summed E-state index contributed by atoms with van der Waals surface area (Å²) in [5.41, 5.74) is 4.44. The molecule has 8 nitrogen and oxygen atoms in total. The predicted molar refractivity (Wildman–Crippen MR) is 138 cm³/mol. The number of hydrazone groups is 1. The minimum Gasteiger partial charge on any atom is -0.462 e. The topological polar surface area (TPSA) is 75.1 Å². The van der Waals surface area contributed by atoms with E-state index in [0.717, 1.165) is 71.0 Å². The molecule has 1 aromatic rings. The van der Waals surface area contributed by atoms with Crippen molar-refractivity contribution in [1.82, 2.24) is 14.9 Å². The van der Waals surface area contributed by atoms with Crippen LogP contribution in [0.25, 0.3) is 0 Å². The van der Waals surface area contributed by atoms with Gasteiger partial charge in [0, 0.05) is 44.5 Å². The average Bonchev–Trinajstić information content (AvgIpc) is 2.85. The fourth-order valence-corrected chi connectivity index (χ4v) is 4.13. The number of hydrogen-bond acceptors (Lipinski definition) is 8. The Hall–Kier alpha value is -1.93. The van der Waals surface area contributed by atoms with E-state index < -0.39 is 0 Å². The molecule has 1 unspecified atom stereocenters. The van der Waals surface area contributed by atoms with Gasteiger partial charge in [-0.1, -0.05) is 41.0 Å². The SMILES string of the molecule is CC.CCCN(CCC)c1cc(N/N=C2\CCCCC2C)nc(OCCN2CCOCC2)n1. The van der Waals surface area contributed by atoms with E-state index in [0.29, 0.717) is 24.4 Å². The van der Waals surface area contributed by atoms with Gasteiger partial charge in [0.15, 0.2) is 5.82 Å². The number of nitrogens with one attached hydrogen (secondary N) is 1. The Morgan fingerprint density at radius 2 is 1.88 bits per heavy atom. The van der Waals surface area contributed by atoms with E-state index in [4.69, 9.17) is 19.6 Å². The molecule has 0 amide bonds. The summed E-state index contributed by atoms with van der Waals surface area (Å²) in [6.45, 7) is 17.5. The minimum absolute atomic E-state index is 0.419. The fraction of sp³-hybridized carbons (Fsp3) is 0.800. The number of ether oxygens (including phenoxy) is 2. The maximum Gasteiger partial charge on any atom is 0.320 e. The first-order valence-electron chi connectivity index (χ1n) is 13.1. The lowest BCUT2D eigenvalue weighted by Crippen LogP contribution is -2.38. The van der Waals surface area contributed by atoms with Gasteiger partial charge in [-0.25, -0.2) is 0 Å². The van der Waals surface area contributed by atoms with Crippen LogP contribution in [-0.2, 0) is 4.74 Å². The van der Waals surface area contributed by atoms with Crippen molar-refractivity contribution in [3.05, 3.63) is 6.07 Å². The van der Waals surface area contributed by atoms with Crippen LogP contribution in [-0.4, -0.2) is 73.1 Å². The van der Waals surface area contributed by atoms with Crippen molar-refractivity contribution in [1.29, 1.82) is 0 Å². The maximum atomic E-state index is 5.99. The highest BCUT2D eigenvalue weighted by molar-refractivity contribution is 5.87. The van der Waals surface area contributed by atoms with Crippen LogP contribution < -0.4 is 15.1 Å². The molecule has 8 heteroatoms. The Morgan fingerprint density at radius 1 is 1.15 bits per heavy atom.